The van der Waals surface area contributed by atoms with E-state index < -0.39 is 0 Å². The molecule has 0 saturated carbocycles. The van der Waals surface area contributed by atoms with Crippen LogP contribution in [0.25, 0.3) is 0 Å². The third-order valence-electron chi connectivity index (χ3n) is 2.84. The van der Waals surface area contributed by atoms with Gasteiger partial charge in [0.1, 0.15) is 11.5 Å². The molecule has 100 valence electrons. The molecule has 2 aromatic rings. The summed E-state index contributed by atoms with van der Waals surface area (Å²) >= 11 is 1.72. The second-order valence-corrected chi connectivity index (χ2v) is 5.58. The Hall–Kier alpha value is -1.61. The van der Waals surface area contributed by atoms with Crippen molar-refractivity contribution in [2.24, 2.45) is 0 Å². The molecule has 2 nitrogen and oxygen atoms in total. The third kappa shape index (κ3) is 3.93. The highest BCUT2D eigenvalue weighted by molar-refractivity contribution is 7.99. The van der Waals surface area contributed by atoms with E-state index >= 15 is 0 Å². The van der Waals surface area contributed by atoms with Crippen molar-refractivity contribution in [3.05, 3.63) is 53.6 Å². The molecule has 0 saturated heterocycles. The Kier molecular flexibility index (Phi) is 4.74. The summed E-state index contributed by atoms with van der Waals surface area (Å²) in [5.41, 5.74) is 2.35. The van der Waals surface area contributed by atoms with Gasteiger partial charge >= 0.3 is 0 Å². The lowest BCUT2D eigenvalue weighted by atomic mass is 10.1. The molecule has 2 aromatic carbocycles. The first kappa shape index (κ1) is 13.8. The Morgan fingerprint density at radius 2 is 1.63 bits per heavy atom. The summed E-state index contributed by atoms with van der Waals surface area (Å²) in [7, 11) is 0. The predicted octanol–water partition coefficient (Wildman–Crippen LogP) is 4.18. The molecule has 0 fully saturated rings. The maximum atomic E-state index is 9.20. The Balaban J connectivity index is 1.82. The van der Waals surface area contributed by atoms with Gasteiger partial charge in [-0.2, -0.15) is 0 Å². The van der Waals surface area contributed by atoms with E-state index in [-0.39, 0.29) is 0 Å². The van der Waals surface area contributed by atoms with Crippen molar-refractivity contribution in [2.45, 2.75) is 18.7 Å². The number of benzene rings is 2. The smallest absolute Gasteiger partial charge is 0.125 e. The van der Waals surface area contributed by atoms with Gasteiger partial charge in [0.15, 0.2) is 0 Å². The molecule has 0 bridgehead atoms. The Morgan fingerprint density at radius 3 is 2.26 bits per heavy atom. The first-order valence-corrected chi connectivity index (χ1v) is 7.26. The maximum Gasteiger partial charge on any atom is 0.125 e. The highest BCUT2D eigenvalue weighted by Crippen LogP contribution is 2.24. The highest BCUT2D eigenvalue weighted by atomic mass is 32.2. The van der Waals surface area contributed by atoms with Crippen LogP contribution < -0.4 is 4.74 Å². The minimum Gasteiger partial charge on any atom is -0.508 e. The standard InChI is InChI=1S/C16H18O2S/c1-12-4-3-5-13(2)16(12)18-10-11-19-15-8-6-14(17)7-9-15/h3-9,17H,10-11H2,1-2H3. The first-order valence-electron chi connectivity index (χ1n) is 6.27. The molecule has 0 heterocycles. The second kappa shape index (κ2) is 6.53. The minimum atomic E-state index is 0.302. The number of phenols is 1. The Labute approximate surface area is 118 Å². The quantitative estimate of drug-likeness (QED) is 0.655. The number of ether oxygens (including phenoxy) is 1. The minimum absolute atomic E-state index is 0.302. The zero-order valence-electron chi connectivity index (χ0n) is 11.2. The molecular weight excluding hydrogens is 256 g/mol. The lowest BCUT2D eigenvalue weighted by Gasteiger charge is -2.11. The van der Waals surface area contributed by atoms with E-state index in [1.165, 1.54) is 11.1 Å². The van der Waals surface area contributed by atoms with Gasteiger partial charge in [0.25, 0.3) is 0 Å². The van der Waals surface area contributed by atoms with Gasteiger partial charge in [-0.3, -0.25) is 0 Å². The topological polar surface area (TPSA) is 29.5 Å². The number of aryl methyl sites for hydroxylation is 2. The monoisotopic (exact) mass is 274 g/mol. The predicted molar refractivity (Wildman–Crippen MR) is 80.2 cm³/mol. The van der Waals surface area contributed by atoms with E-state index in [1.807, 2.05) is 18.2 Å². The Bertz CT molecular complexity index is 515. The molecule has 0 aliphatic carbocycles. The molecule has 0 spiro atoms. The SMILES string of the molecule is Cc1cccc(C)c1OCCSc1ccc(O)cc1. The van der Waals surface area contributed by atoms with Gasteiger partial charge in [-0.05, 0) is 49.2 Å². The fraction of sp³-hybridized carbons (Fsp3) is 0.250. The van der Waals surface area contributed by atoms with Crippen molar-refractivity contribution in [1.82, 2.24) is 0 Å². The van der Waals surface area contributed by atoms with Gasteiger partial charge < -0.3 is 9.84 Å². The molecule has 2 rings (SSSR count). The van der Waals surface area contributed by atoms with Crippen LogP contribution in [0.15, 0.2) is 47.4 Å². The number of hydrogen-bond acceptors (Lipinski definition) is 3. The molecule has 0 atom stereocenters. The largest absolute Gasteiger partial charge is 0.508 e. The van der Waals surface area contributed by atoms with E-state index in [2.05, 4.69) is 26.0 Å². The molecule has 0 unspecified atom stereocenters. The summed E-state index contributed by atoms with van der Waals surface area (Å²) in [6.45, 7) is 4.81. The van der Waals surface area contributed by atoms with Crippen LogP contribution in [0.1, 0.15) is 11.1 Å². The summed E-state index contributed by atoms with van der Waals surface area (Å²) in [4.78, 5) is 1.14. The molecule has 0 amide bonds. The molecule has 0 aliphatic heterocycles. The number of aromatic hydroxyl groups is 1. The van der Waals surface area contributed by atoms with Crippen LogP contribution in [0.3, 0.4) is 0 Å². The summed E-state index contributed by atoms with van der Waals surface area (Å²) in [5.74, 6) is 2.18. The fourth-order valence-electron chi connectivity index (χ4n) is 1.87. The summed E-state index contributed by atoms with van der Waals surface area (Å²) in [6, 6.07) is 13.4. The van der Waals surface area contributed by atoms with Crippen LogP contribution in [0, 0.1) is 13.8 Å². The first-order chi connectivity index (χ1) is 9.16. The molecule has 19 heavy (non-hydrogen) atoms. The zero-order chi connectivity index (χ0) is 13.7. The van der Waals surface area contributed by atoms with Gasteiger partial charge in [0.05, 0.1) is 6.61 Å². The van der Waals surface area contributed by atoms with Crippen molar-refractivity contribution < 1.29 is 9.84 Å². The van der Waals surface area contributed by atoms with Gasteiger partial charge in [-0.15, -0.1) is 11.8 Å². The fourth-order valence-corrected chi connectivity index (χ4v) is 2.60. The summed E-state index contributed by atoms with van der Waals surface area (Å²) in [5, 5.41) is 9.20. The highest BCUT2D eigenvalue weighted by Gasteiger charge is 2.03. The van der Waals surface area contributed by atoms with E-state index in [9.17, 15) is 5.11 Å². The molecule has 0 radical (unpaired) electrons. The van der Waals surface area contributed by atoms with Crippen LogP contribution in [0.4, 0.5) is 0 Å². The molecule has 1 N–H and O–H groups in total. The molecule has 0 aromatic heterocycles. The van der Waals surface area contributed by atoms with Crippen molar-refractivity contribution in [2.75, 3.05) is 12.4 Å². The van der Waals surface area contributed by atoms with Crippen molar-refractivity contribution in [3.8, 4) is 11.5 Å². The lowest BCUT2D eigenvalue weighted by molar-refractivity contribution is 0.339. The summed E-state index contributed by atoms with van der Waals surface area (Å²) < 4.78 is 5.84. The van der Waals surface area contributed by atoms with Crippen molar-refractivity contribution >= 4 is 11.8 Å². The number of hydrogen-bond donors (Lipinski definition) is 1. The zero-order valence-corrected chi connectivity index (χ0v) is 12.0. The number of thioether (sulfide) groups is 1. The van der Waals surface area contributed by atoms with E-state index in [0.717, 1.165) is 16.4 Å². The number of rotatable bonds is 5. The summed E-state index contributed by atoms with van der Waals surface area (Å²) in [6.07, 6.45) is 0. The van der Waals surface area contributed by atoms with Crippen molar-refractivity contribution in [1.29, 1.82) is 0 Å². The average molecular weight is 274 g/mol. The third-order valence-corrected chi connectivity index (χ3v) is 3.82. The van der Waals surface area contributed by atoms with Gasteiger partial charge in [-0.25, -0.2) is 0 Å². The van der Waals surface area contributed by atoms with Crippen LogP contribution >= 0.6 is 11.8 Å². The van der Waals surface area contributed by atoms with Crippen LogP contribution in [-0.2, 0) is 0 Å². The lowest BCUT2D eigenvalue weighted by Crippen LogP contribution is -2.02. The average Bonchev–Trinajstić information content (AvgIpc) is 2.39. The van der Waals surface area contributed by atoms with Gasteiger partial charge in [-0.1, -0.05) is 18.2 Å². The van der Waals surface area contributed by atoms with Crippen molar-refractivity contribution in [3.63, 3.8) is 0 Å². The van der Waals surface area contributed by atoms with Gasteiger partial charge in [0, 0.05) is 10.6 Å². The normalized spacial score (nSPS) is 10.4. The maximum absolute atomic E-state index is 9.20. The van der Waals surface area contributed by atoms with Crippen LogP contribution in [-0.4, -0.2) is 17.5 Å². The molecular formula is C16H18O2S. The van der Waals surface area contributed by atoms with Gasteiger partial charge in [0.2, 0.25) is 0 Å². The van der Waals surface area contributed by atoms with Crippen LogP contribution in [0.5, 0.6) is 11.5 Å². The van der Waals surface area contributed by atoms with E-state index in [1.54, 1.807) is 23.9 Å². The molecule has 3 heteroatoms. The van der Waals surface area contributed by atoms with Crippen LogP contribution in [0.2, 0.25) is 0 Å². The van der Waals surface area contributed by atoms with E-state index in [0.29, 0.717) is 12.4 Å². The van der Waals surface area contributed by atoms with E-state index in [4.69, 9.17) is 4.74 Å². The second-order valence-electron chi connectivity index (χ2n) is 4.41. The Morgan fingerprint density at radius 1 is 1.00 bits per heavy atom. The molecule has 0 aliphatic rings. The number of para-hydroxylation sites is 1. The number of phenolic OH excluding ortho intramolecular Hbond substituents is 1.